The van der Waals surface area contributed by atoms with E-state index in [0.717, 1.165) is 11.4 Å². The number of amides is 1. The van der Waals surface area contributed by atoms with Crippen LogP contribution in [0.1, 0.15) is 31.3 Å². The fourth-order valence-corrected chi connectivity index (χ4v) is 4.40. The molecule has 0 bridgehead atoms. The topological polar surface area (TPSA) is 73.4 Å². The van der Waals surface area contributed by atoms with Gasteiger partial charge in [0, 0.05) is 30.8 Å². The van der Waals surface area contributed by atoms with Crippen LogP contribution in [0.4, 0.5) is 4.39 Å². The lowest BCUT2D eigenvalue weighted by molar-refractivity contribution is -0.137. The van der Waals surface area contributed by atoms with Crippen molar-refractivity contribution >= 4 is 5.91 Å². The zero-order chi connectivity index (χ0) is 23.4. The van der Waals surface area contributed by atoms with Crippen molar-refractivity contribution in [1.29, 1.82) is 0 Å². The second kappa shape index (κ2) is 10.3. The van der Waals surface area contributed by atoms with Gasteiger partial charge in [-0.15, -0.1) is 0 Å². The van der Waals surface area contributed by atoms with Gasteiger partial charge < -0.3 is 19.9 Å². The predicted octanol–water partition coefficient (Wildman–Crippen LogP) is 3.87. The maximum absolute atomic E-state index is 13.9. The maximum atomic E-state index is 13.9. The van der Waals surface area contributed by atoms with Crippen LogP contribution in [0.5, 0.6) is 0 Å². The Labute approximate surface area is 194 Å². The Hall–Kier alpha value is -3.03. The summed E-state index contributed by atoms with van der Waals surface area (Å²) in [4.78, 5) is 19.9. The van der Waals surface area contributed by atoms with E-state index in [1.54, 1.807) is 6.07 Å². The predicted molar refractivity (Wildman–Crippen MR) is 126 cm³/mol. The highest BCUT2D eigenvalue weighted by Crippen LogP contribution is 2.33. The van der Waals surface area contributed by atoms with Gasteiger partial charge in [-0.05, 0) is 30.2 Å². The molecule has 0 radical (unpaired) electrons. The molecule has 1 aromatic heterocycles. The lowest BCUT2D eigenvalue weighted by Gasteiger charge is -2.34. The SMILES string of the molecule is CC(C)C(c1nc(-c2cccc(F)c2)cn1Cc1ccccc1)N1CC(CN)COCC1=O. The molecular weight excluding hydrogens is 419 g/mol. The summed E-state index contributed by atoms with van der Waals surface area (Å²) in [5.74, 6) is 0.573. The molecule has 0 aliphatic carbocycles. The largest absolute Gasteiger partial charge is 0.371 e. The molecule has 33 heavy (non-hydrogen) atoms. The number of nitrogens with zero attached hydrogens (tertiary/aromatic N) is 3. The summed E-state index contributed by atoms with van der Waals surface area (Å²) in [6, 6.07) is 16.3. The molecule has 174 valence electrons. The highest BCUT2D eigenvalue weighted by atomic mass is 19.1. The lowest BCUT2D eigenvalue weighted by atomic mass is 9.99. The van der Waals surface area contributed by atoms with Crippen LogP contribution in [0.25, 0.3) is 11.3 Å². The van der Waals surface area contributed by atoms with Crippen molar-refractivity contribution in [2.24, 2.45) is 17.6 Å². The van der Waals surface area contributed by atoms with E-state index in [2.05, 4.69) is 30.5 Å². The highest BCUT2D eigenvalue weighted by Gasteiger charge is 2.35. The molecule has 2 heterocycles. The minimum Gasteiger partial charge on any atom is -0.371 e. The molecule has 6 nitrogen and oxygen atoms in total. The number of carbonyl (C=O) groups excluding carboxylic acids is 1. The molecule has 2 N–H and O–H groups in total. The average molecular weight is 451 g/mol. The van der Waals surface area contributed by atoms with Crippen LogP contribution in [-0.2, 0) is 16.1 Å². The van der Waals surface area contributed by atoms with Crippen LogP contribution >= 0.6 is 0 Å². The van der Waals surface area contributed by atoms with Gasteiger partial charge in [0.1, 0.15) is 18.2 Å². The average Bonchev–Trinajstić information content (AvgIpc) is 3.11. The Morgan fingerprint density at radius 2 is 1.97 bits per heavy atom. The van der Waals surface area contributed by atoms with Gasteiger partial charge in [-0.25, -0.2) is 9.37 Å². The molecule has 2 unspecified atom stereocenters. The van der Waals surface area contributed by atoms with Crippen molar-refractivity contribution in [2.45, 2.75) is 26.4 Å². The third kappa shape index (κ3) is 5.31. The Morgan fingerprint density at radius 1 is 1.18 bits per heavy atom. The maximum Gasteiger partial charge on any atom is 0.249 e. The molecule has 1 saturated heterocycles. The number of nitrogens with two attached hydrogens (primary N) is 1. The first-order chi connectivity index (χ1) is 16.0. The summed E-state index contributed by atoms with van der Waals surface area (Å²) < 4.78 is 21.6. The number of carbonyl (C=O) groups is 1. The van der Waals surface area contributed by atoms with Crippen LogP contribution in [-0.4, -0.2) is 46.7 Å². The Kier molecular flexibility index (Phi) is 7.20. The molecule has 2 aromatic carbocycles. The number of imidazole rings is 1. The summed E-state index contributed by atoms with van der Waals surface area (Å²) in [5.41, 5.74) is 8.45. The van der Waals surface area contributed by atoms with Crippen LogP contribution in [0.2, 0.25) is 0 Å². The Morgan fingerprint density at radius 3 is 2.67 bits per heavy atom. The quantitative estimate of drug-likeness (QED) is 0.593. The standard InChI is InChI=1S/C26H31FN4O2/c1-18(2)25(31-14-20(12-28)16-33-17-24(31)32)26-29-23(21-9-6-10-22(27)11-21)15-30(26)13-19-7-4-3-5-8-19/h3-11,15,18,20,25H,12-14,16-17,28H2,1-2H3. The van der Waals surface area contributed by atoms with Gasteiger partial charge in [0.05, 0.1) is 18.3 Å². The molecule has 1 aliphatic heterocycles. The zero-order valence-electron chi connectivity index (χ0n) is 19.2. The van der Waals surface area contributed by atoms with E-state index in [-0.39, 0.29) is 36.2 Å². The molecule has 3 aromatic rings. The number of benzene rings is 2. The number of ether oxygens (including phenoxy) is 1. The van der Waals surface area contributed by atoms with Gasteiger partial charge >= 0.3 is 0 Å². The van der Waals surface area contributed by atoms with Gasteiger partial charge in [-0.2, -0.15) is 0 Å². The summed E-state index contributed by atoms with van der Waals surface area (Å²) in [6.07, 6.45) is 1.95. The first-order valence-corrected chi connectivity index (χ1v) is 11.4. The molecule has 2 atom stereocenters. The normalized spacial score (nSPS) is 17.9. The second-order valence-electron chi connectivity index (χ2n) is 8.96. The van der Waals surface area contributed by atoms with Crippen molar-refractivity contribution in [3.8, 4) is 11.3 Å². The highest BCUT2D eigenvalue weighted by molar-refractivity contribution is 5.78. The number of aromatic nitrogens is 2. The van der Waals surface area contributed by atoms with Gasteiger partial charge in [0.15, 0.2) is 0 Å². The molecule has 1 amide bonds. The number of hydrogen-bond donors (Lipinski definition) is 1. The van der Waals surface area contributed by atoms with Gasteiger partial charge in [-0.1, -0.05) is 56.3 Å². The Balaban J connectivity index is 1.80. The second-order valence-corrected chi connectivity index (χ2v) is 8.96. The third-order valence-electron chi connectivity index (χ3n) is 6.04. The van der Waals surface area contributed by atoms with Gasteiger partial charge in [-0.3, -0.25) is 4.79 Å². The first kappa shape index (κ1) is 23.1. The van der Waals surface area contributed by atoms with E-state index >= 15 is 0 Å². The minimum atomic E-state index is -0.308. The van der Waals surface area contributed by atoms with Crippen molar-refractivity contribution < 1.29 is 13.9 Å². The van der Waals surface area contributed by atoms with Crippen molar-refractivity contribution in [3.63, 3.8) is 0 Å². The van der Waals surface area contributed by atoms with E-state index in [4.69, 9.17) is 15.5 Å². The van der Waals surface area contributed by atoms with Crippen LogP contribution < -0.4 is 5.73 Å². The van der Waals surface area contributed by atoms with E-state index < -0.39 is 0 Å². The van der Waals surface area contributed by atoms with Gasteiger partial charge in [0.2, 0.25) is 5.91 Å². The van der Waals surface area contributed by atoms with E-state index in [9.17, 15) is 9.18 Å². The summed E-state index contributed by atoms with van der Waals surface area (Å²) in [7, 11) is 0. The monoisotopic (exact) mass is 450 g/mol. The van der Waals surface area contributed by atoms with E-state index in [1.165, 1.54) is 12.1 Å². The Bertz CT molecular complexity index is 1080. The van der Waals surface area contributed by atoms with Crippen LogP contribution in [0.15, 0.2) is 60.8 Å². The molecule has 1 aliphatic rings. The van der Waals surface area contributed by atoms with E-state index in [0.29, 0.717) is 37.5 Å². The number of rotatable bonds is 7. The fraction of sp³-hybridized carbons (Fsp3) is 0.385. The number of halogens is 1. The summed E-state index contributed by atoms with van der Waals surface area (Å²) in [6.45, 7) is 6.25. The van der Waals surface area contributed by atoms with E-state index in [1.807, 2.05) is 35.4 Å². The zero-order valence-corrected chi connectivity index (χ0v) is 19.2. The minimum absolute atomic E-state index is 0.0376. The van der Waals surface area contributed by atoms with Gasteiger partial charge in [0.25, 0.3) is 0 Å². The molecule has 0 spiro atoms. The smallest absolute Gasteiger partial charge is 0.249 e. The first-order valence-electron chi connectivity index (χ1n) is 11.4. The summed E-state index contributed by atoms with van der Waals surface area (Å²) >= 11 is 0. The molecule has 0 saturated carbocycles. The van der Waals surface area contributed by atoms with Crippen LogP contribution in [0.3, 0.4) is 0 Å². The molecule has 4 rings (SSSR count). The lowest BCUT2D eigenvalue weighted by Crippen LogP contribution is -2.42. The van der Waals surface area contributed by atoms with Crippen molar-refractivity contribution in [3.05, 3.63) is 78.0 Å². The number of hydrogen-bond acceptors (Lipinski definition) is 4. The third-order valence-corrected chi connectivity index (χ3v) is 6.04. The molecule has 1 fully saturated rings. The summed E-state index contributed by atoms with van der Waals surface area (Å²) in [5, 5.41) is 0. The van der Waals surface area contributed by atoms with Crippen molar-refractivity contribution in [1.82, 2.24) is 14.5 Å². The van der Waals surface area contributed by atoms with Crippen molar-refractivity contribution in [2.75, 3.05) is 26.3 Å². The fourth-order valence-electron chi connectivity index (χ4n) is 4.40. The van der Waals surface area contributed by atoms with Crippen LogP contribution in [0, 0.1) is 17.7 Å². The molecule has 7 heteroatoms. The molecular formula is C26H31FN4O2.